The van der Waals surface area contributed by atoms with Crippen LogP contribution in [0.25, 0.3) is 0 Å². The molecule has 0 fully saturated rings. The van der Waals surface area contributed by atoms with Crippen molar-refractivity contribution < 1.29 is 26.7 Å². The second kappa shape index (κ2) is 10.9. The third-order valence-electron chi connectivity index (χ3n) is 3.62. The molecule has 2 aromatic rings. The molecule has 2 rings (SSSR count). The summed E-state index contributed by atoms with van der Waals surface area (Å²) >= 11 is 1.13. The number of sulfonamides is 1. The summed E-state index contributed by atoms with van der Waals surface area (Å²) in [6, 6.07) is 7.68. The molecule has 0 aliphatic carbocycles. The van der Waals surface area contributed by atoms with Gasteiger partial charge in [0.25, 0.3) is 0 Å². The second-order valence-corrected chi connectivity index (χ2v) is 8.48. The molecule has 0 spiro atoms. The number of nitrogens with one attached hydrogen (secondary N) is 3. The van der Waals surface area contributed by atoms with Crippen molar-refractivity contribution in [1.29, 1.82) is 0 Å². The molecule has 0 unspecified atom stereocenters. The fourth-order valence-corrected chi connectivity index (χ4v) is 4.35. The fraction of sp³-hybridized carbons (Fsp3) is 0.353. The van der Waals surface area contributed by atoms with Gasteiger partial charge in [-0.25, -0.2) is 13.1 Å². The van der Waals surface area contributed by atoms with E-state index in [0.717, 1.165) is 11.3 Å². The Kier molecular flexibility index (Phi) is 8.61. The number of nitrogens with zero attached hydrogens (tertiary/aromatic N) is 1. The molecule has 12 heteroatoms. The van der Waals surface area contributed by atoms with Gasteiger partial charge in [0.1, 0.15) is 15.7 Å². The largest absolute Gasteiger partial charge is 0.497 e. The van der Waals surface area contributed by atoms with Crippen LogP contribution in [-0.4, -0.2) is 48.2 Å². The highest BCUT2D eigenvalue weighted by Crippen LogP contribution is 2.25. The van der Waals surface area contributed by atoms with Crippen LogP contribution >= 0.6 is 11.3 Å². The maximum Gasteiger partial charge on any atom is 0.387 e. The first kappa shape index (κ1) is 22.8. The summed E-state index contributed by atoms with van der Waals surface area (Å²) in [4.78, 5) is 4.02. The zero-order chi connectivity index (χ0) is 21.3. The van der Waals surface area contributed by atoms with Gasteiger partial charge in [0.15, 0.2) is 5.96 Å². The van der Waals surface area contributed by atoms with Crippen LogP contribution in [0.1, 0.15) is 5.56 Å². The van der Waals surface area contributed by atoms with E-state index in [-0.39, 0.29) is 29.6 Å². The Labute approximate surface area is 172 Å². The van der Waals surface area contributed by atoms with E-state index < -0.39 is 16.6 Å². The van der Waals surface area contributed by atoms with Crippen LogP contribution in [0, 0.1) is 0 Å². The van der Waals surface area contributed by atoms with Gasteiger partial charge < -0.3 is 20.1 Å². The molecule has 0 amide bonds. The van der Waals surface area contributed by atoms with Crippen LogP contribution < -0.4 is 24.8 Å². The lowest BCUT2D eigenvalue weighted by atomic mass is 10.2. The summed E-state index contributed by atoms with van der Waals surface area (Å²) < 4.78 is 61.6. The highest BCUT2D eigenvalue weighted by molar-refractivity contribution is 7.91. The zero-order valence-electron chi connectivity index (χ0n) is 15.8. The highest BCUT2D eigenvalue weighted by atomic mass is 32.2. The normalized spacial score (nSPS) is 12.1. The maximum atomic E-state index is 12.6. The first-order chi connectivity index (χ1) is 13.9. The van der Waals surface area contributed by atoms with Crippen LogP contribution in [0.3, 0.4) is 0 Å². The van der Waals surface area contributed by atoms with Crippen LogP contribution in [0.15, 0.2) is 44.9 Å². The Balaban J connectivity index is 1.87. The number of thiophene rings is 1. The van der Waals surface area contributed by atoms with Crippen molar-refractivity contribution in [2.24, 2.45) is 4.99 Å². The first-order valence-electron chi connectivity index (χ1n) is 8.45. The predicted octanol–water partition coefficient (Wildman–Crippen LogP) is 2.00. The number of guanidine groups is 1. The second-order valence-electron chi connectivity index (χ2n) is 5.53. The van der Waals surface area contributed by atoms with Crippen molar-refractivity contribution in [1.82, 2.24) is 15.4 Å². The number of alkyl halides is 2. The van der Waals surface area contributed by atoms with E-state index in [2.05, 4.69) is 25.1 Å². The number of rotatable bonds is 10. The van der Waals surface area contributed by atoms with Gasteiger partial charge in [0.2, 0.25) is 10.0 Å². The quantitative estimate of drug-likeness (QED) is 0.292. The molecule has 0 saturated carbocycles. The Bertz CT molecular complexity index is 906. The van der Waals surface area contributed by atoms with E-state index in [1.54, 1.807) is 17.5 Å². The smallest absolute Gasteiger partial charge is 0.387 e. The van der Waals surface area contributed by atoms with Crippen molar-refractivity contribution in [3.8, 4) is 11.5 Å². The molecule has 1 aromatic heterocycles. The summed E-state index contributed by atoms with van der Waals surface area (Å²) in [6.45, 7) is -2.40. The number of hydrogen-bond acceptors (Lipinski definition) is 6. The molecule has 0 bridgehead atoms. The SMILES string of the molecule is CN=C(NCCNS(=O)(=O)c1cccs1)NCc1cc(OC)ccc1OC(F)F. The minimum Gasteiger partial charge on any atom is -0.497 e. The summed E-state index contributed by atoms with van der Waals surface area (Å²) in [6.07, 6.45) is 0. The number of ether oxygens (including phenoxy) is 2. The van der Waals surface area contributed by atoms with Gasteiger partial charge in [-0.1, -0.05) is 6.07 Å². The fourth-order valence-electron chi connectivity index (χ4n) is 2.29. The van der Waals surface area contributed by atoms with Crippen molar-refractivity contribution in [2.75, 3.05) is 27.2 Å². The number of benzene rings is 1. The number of aliphatic imine (C=N–C) groups is 1. The Morgan fingerprint density at radius 3 is 2.66 bits per heavy atom. The van der Waals surface area contributed by atoms with Crippen LogP contribution in [-0.2, 0) is 16.6 Å². The van der Waals surface area contributed by atoms with E-state index in [0.29, 0.717) is 17.3 Å². The lowest BCUT2D eigenvalue weighted by Gasteiger charge is -2.15. The molecular weight excluding hydrogens is 426 g/mol. The lowest BCUT2D eigenvalue weighted by molar-refractivity contribution is -0.0505. The van der Waals surface area contributed by atoms with Gasteiger partial charge in [-0.3, -0.25) is 4.99 Å². The van der Waals surface area contributed by atoms with Gasteiger partial charge in [0.05, 0.1) is 7.11 Å². The Morgan fingerprint density at radius 1 is 1.24 bits per heavy atom. The third-order valence-corrected chi connectivity index (χ3v) is 6.48. The number of methoxy groups -OCH3 is 1. The van der Waals surface area contributed by atoms with Crippen molar-refractivity contribution in [2.45, 2.75) is 17.4 Å². The summed E-state index contributed by atoms with van der Waals surface area (Å²) in [5, 5.41) is 7.58. The molecule has 160 valence electrons. The van der Waals surface area contributed by atoms with E-state index in [1.165, 1.54) is 32.4 Å². The van der Waals surface area contributed by atoms with Gasteiger partial charge in [-0.15, -0.1) is 11.3 Å². The first-order valence-corrected chi connectivity index (χ1v) is 10.8. The van der Waals surface area contributed by atoms with E-state index in [9.17, 15) is 17.2 Å². The molecule has 3 N–H and O–H groups in total. The monoisotopic (exact) mass is 448 g/mol. The van der Waals surface area contributed by atoms with Crippen LogP contribution in [0.4, 0.5) is 8.78 Å². The Hall–Kier alpha value is -2.44. The Morgan fingerprint density at radius 2 is 2.03 bits per heavy atom. The van der Waals surface area contributed by atoms with E-state index in [1.807, 2.05) is 0 Å². The molecule has 1 aromatic carbocycles. The zero-order valence-corrected chi connectivity index (χ0v) is 17.4. The van der Waals surface area contributed by atoms with Crippen molar-refractivity contribution in [3.05, 3.63) is 41.3 Å². The minimum absolute atomic E-state index is 0.0208. The summed E-state index contributed by atoms with van der Waals surface area (Å²) in [5.41, 5.74) is 0.450. The van der Waals surface area contributed by atoms with Gasteiger partial charge in [-0.05, 0) is 29.6 Å². The average molecular weight is 449 g/mol. The van der Waals surface area contributed by atoms with Gasteiger partial charge >= 0.3 is 6.61 Å². The average Bonchev–Trinajstić information content (AvgIpc) is 3.24. The van der Waals surface area contributed by atoms with E-state index >= 15 is 0 Å². The topological polar surface area (TPSA) is 101 Å². The minimum atomic E-state index is -3.53. The summed E-state index contributed by atoms with van der Waals surface area (Å²) in [7, 11) is -0.530. The molecule has 0 radical (unpaired) electrons. The molecule has 8 nitrogen and oxygen atoms in total. The molecule has 1 heterocycles. The van der Waals surface area contributed by atoms with Crippen molar-refractivity contribution >= 4 is 27.3 Å². The molecule has 0 saturated heterocycles. The molecule has 0 aliphatic rings. The summed E-state index contributed by atoms with van der Waals surface area (Å²) in [5.74, 6) is 0.882. The number of hydrogen-bond donors (Lipinski definition) is 3. The third kappa shape index (κ3) is 7.15. The van der Waals surface area contributed by atoms with Gasteiger partial charge in [0, 0.05) is 32.2 Å². The number of halogens is 2. The lowest BCUT2D eigenvalue weighted by Crippen LogP contribution is -2.41. The maximum absolute atomic E-state index is 12.6. The van der Waals surface area contributed by atoms with Crippen molar-refractivity contribution in [3.63, 3.8) is 0 Å². The van der Waals surface area contributed by atoms with Crippen LogP contribution in [0.5, 0.6) is 11.5 Å². The standard InChI is InChI=1S/C17H22F2N4O4S2/c1-20-17(21-7-8-23-29(24,25)15-4-3-9-28-15)22-11-12-10-13(26-2)5-6-14(12)27-16(18)19/h3-6,9-10,16,23H,7-8,11H2,1-2H3,(H2,20,21,22). The van der Waals surface area contributed by atoms with E-state index in [4.69, 9.17) is 4.74 Å². The molecular formula is C17H22F2N4O4S2. The predicted molar refractivity (Wildman–Crippen MR) is 107 cm³/mol. The molecule has 0 atom stereocenters. The van der Waals surface area contributed by atoms with Gasteiger partial charge in [-0.2, -0.15) is 8.78 Å². The highest BCUT2D eigenvalue weighted by Gasteiger charge is 2.14. The molecule has 29 heavy (non-hydrogen) atoms. The van der Waals surface area contributed by atoms with Crippen LogP contribution in [0.2, 0.25) is 0 Å². The molecule has 0 aliphatic heterocycles.